The Kier molecular flexibility index (Phi) is 2.20. The van der Waals surface area contributed by atoms with E-state index in [1.54, 1.807) is 6.08 Å². The average Bonchev–Trinajstić information content (AvgIpc) is 2.21. The van der Waals surface area contributed by atoms with E-state index >= 15 is 0 Å². The Morgan fingerprint density at radius 1 is 1.00 bits per heavy atom. The van der Waals surface area contributed by atoms with E-state index in [2.05, 4.69) is 5.32 Å². The molecule has 0 heterocycles. The molecule has 0 spiro atoms. The van der Waals surface area contributed by atoms with Crippen molar-refractivity contribution < 1.29 is 0 Å². The van der Waals surface area contributed by atoms with E-state index in [1.165, 1.54) is 32.1 Å². The molecule has 4 aliphatic carbocycles. The van der Waals surface area contributed by atoms with Crippen LogP contribution < -0.4 is 5.32 Å². The van der Waals surface area contributed by atoms with Gasteiger partial charge in [-0.05, 0) is 55.8 Å². The molecule has 4 rings (SSSR count). The summed E-state index contributed by atoms with van der Waals surface area (Å²) in [7, 11) is 0. The van der Waals surface area contributed by atoms with Crippen molar-refractivity contribution in [2.75, 3.05) is 0 Å². The molecule has 0 aromatic heterocycles. The second-order valence-corrected chi connectivity index (χ2v) is 5.59. The number of nitrogens with zero attached hydrogens (tertiary/aromatic N) is 1. The van der Waals surface area contributed by atoms with Crippen LogP contribution in [0.15, 0.2) is 12.3 Å². The van der Waals surface area contributed by atoms with Crippen molar-refractivity contribution in [3.05, 3.63) is 12.3 Å². The highest BCUT2D eigenvalue weighted by Crippen LogP contribution is 2.53. The third-order valence-electron chi connectivity index (χ3n) is 4.67. The van der Waals surface area contributed by atoms with Crippen molar-refractivity contribution in [1.82, 2.24) is 5.32 Å². The van der Waals surface area contributed by atoms with Gasteiger partial charge in [0.15, 0.2) is 0 Å². The van der Waals surface area contributed by atoms with Gasteiger partial charge in [0.05, 0.1) is 6.07 Å². The topological polar surface area (TPSA) is 35.8 Å². The molecule has 4 saturated carbocycles. The van der Waals surface area contributed by atoms with E-state index in [0.717, 1.165) is 23.7 Å². The molecule has 1 N–H and O–H groups in total. The van der Waals surface area contributed by atoms with Crippen molar-refractivity contribution in [3.63, 3.8) is 0 Å². The van der Waals surface area contributed by atoms with Gasteiger partial charge in [-0.2, -0.15) is 5.26 Å². The molecule has 4 aliphatic rings. The van der Waals surface area contributed by atoms with Crippen LogP contribution in [0.25, 0.3) is 0 Å². The maximum Gasteiger partial charge on any atom is 0.0927 e. The van der Waals surface area contributed by atoms with Gasteiger partial charge in [0.2, 0.25) is 0 Å². The smallest absolute Gasteiger partial charge is 0.0927 e. The first kappa shape index (κ1) is 9.27. The van der Waals surface area contributed by atoms with Crippen LogP contribution in [0.1, 0.15) is 32.1 Å². The van der Waals surface area contributed by atoms with Crippen molar-refractivity contribution in [2.45, 2.75) is 38.1 Å². The maximum atomic E-state index is 8.47. The fourth-order valence-electron chi connectivity index (χ4n) is 4.39. The second kappa shape index (κ2) is 3.56. The standard InChI is InChI=1S/C13H18N2/c14-2-1-3-15-13-11-5-9-4-10(7-11)8-12(13)6-9/h1,3,9-13,15H,4-8H2/b3-1+. The minimum absolute atomic E-state index is 0.669. The van der Waals surface area contributed by atoms with E-state index in [4.69, 9.17) is 5.26 Å². The molecule has 0 unspecified atom stereocenters. The van der Waals surface area contributed by atoms with Gasteiger partial charge in [-0.15, -0.1) is 0 Å². The van der Waals surface area contributed by atoms with Crippen LogP contribution in [0, 0.1) is 35.0 Å². The summed E-state index contributed by atoms with van der Waals surface area (Å²) in [6.45, 7) is 0. The Balaban J connectivity index is 1.70. The predicted octanol–water partition coefficient (Wildman–Crippen LogP) is 2.44. The van der Waals surface area contributed by atoms with E-state index < -0.39 is 0 Å². The first-order valence-corrected chi connectivity index (χ1v) is 6.17. The van der Waals surface area contributed by atoms with Gasteiger partial charge < -0.3 is 5.32 Å². The fraction of sp³-hybridized carbons (Fsp3) is 0.769. The van der Waals surface area contributed by atoms with E-state index in [9.17, 15) is 0 Å². The number of nitriles is 1. The molecule has 0 saturated heterocycles. The van der Waals surface area contributed by atoms with E-state index in [0.29, 0.717) is 6.04 Å². The Morgan fingerprint density at radius 2 is 1.60 bits per heavy atom. The summed E-state index contributed by atoms with van der Waals surface area (Å²) in [5.41, 5.74) is 0. The zero-order valence-electron chi connectivity index (χ0n) is 9.02. The molecule has 0 atom stereocenters. The van der Waals surface area contributed by atoms with Crippen molar-refractivity contribution in [2.24, 2.45) is 23.7 Å². The van der Waals surface area contributed by atoms with Crippen molar-refractivity contribution in [3.8, 4) is 6.07 Å². The average molecular weight is 202 g/mol. The normalized spacial score (nSPS) is 47.0. The van der Waals surface area contributed by atoms with Gasteiger partial charge >= 0.3 is 0 Å². The van der Waals surface area contributed by atoms with E-state index in [1.807, 2.05) is 12.3 Å². The highest BCUT2D eigenvalue weighted by Gasteiger charge is 2.47. The maximum absolute atomic E-state index is 8.47. The van der Waals surface area contributed by atoms with Crippen LogP contribution in [0.4, 0.5) is 0 Å². The molecule has 0 radical (unpaired) electrons. The van der Waals surface area contributed by atoms with Crippen LogP contribution in [0.3, 0.4) is 0 Å². The summed E-state index contributed by atoms with van der Waals surface area (Å²) in [6.07, 6.45) is 10.7. The van der Waals surface area contributed by atoms with Gasteiger partial charge in [0.1, 0.15) is 0 Å². The zero-order chi connectivity index (χ0) is 10.3. The summed E-state index contributed by atoms with van der Waals surface area (Å²) in [5.74, 6) is 3.85. The molecular formula is C13H18N2. The first-order valence-electron chi connectivity index (χ1n) is 6.17. The third kappa shape index (κ3) is 1.55. The van der Waals surface area contributed by atoms with Gasteiger partial charge in [-0.1, -0.05) is 0 Å². The number of nitrogens with one attached hydrogen (secondary N) is 1. The summed E-state index contributed by atoms with van der Waals surface area (Å²) < 4.78 is 0. The lowest BCUT2D eigenvalue weighted by molar-refractivity contribution is -0.00887. The van der Waals surface area contributed by atoms with Crippen molar-refractivity contribution >= 4 is 0 Å². The minimum Gasteiger partial charge on any atom is -0.387 e. The zero-order valence-corrected chi connectivity index (χ0v) is 9.02. The Morgan fingerprint density at radius 3 is 2.13 bits per heavy atom. The molecule has 0 aromatic carbocycles. The minimum atomic E-state index is 0.669. The highest BCUT2D eigenvalue weighted by molar-refractivity contribution is 5.06. The molecule has 4 fully saturated rings. The van der Waals surface area contributed by atoms with Crippen LogP contribution in [0.2, 0.25) is 0 Å². The molecule has 15 heavy (non-hydrogen) atoms. The summed E-state index contributed by atoms with van der Waals surface area (Å²) >= 11 is 0. The quantitative estimate of drug-likeness (QED) is 0.698. The third-order valence-corrected chi connectivity index (χ3v) is 4.67. The SMILES string of the molecule is N#C/C=C/NC1C2CC3CC(C2)CC1C3. The molecular weight excluding hydrogens is 184 g/mol. The lowest BCUT2D eigenvalue weighted by Crippen LogP contribution is -2.53. The second-order valence-electron chi connectivity index (χ2n) is 5.59. The Labute approximate surface area is 91.4 Å². The Bertz CT molecular complexity index is 285. The molecule has 0 amide bonds. The summed E-state index contributed by atoms with van der Waals surface area (Å²) in [4.78, 5) is 0. The van der Waals surface area contributed by atoms with E-state index in [-0.39, 0.29) is 0 Å². The molecule has 0 aliphatic heterocycles. The molecule has 2 heteroatoms. The number of allylic oxidation sites excluding steroid dienone is 1. The van der Waals surface area contributed by atoms with Gasteiger partial charge in [-0.25, -0.2) is 0 Å². The highest BCUT2D eigenvalue weighted by atomic mass is 14.9. The number of rotatable bonds is 2. The Hall–Kier alpha value is -0.970. The first-order chi connectivity index (χ1) is 7.36. The van der Waals surface area contributed by atoms with Crippen LogP contribution in [-0.4, -0.2) is 6.04 Å². The molecule has 4 bridgehead atoms. The molecule has 80 valence electrons. The number of hydrogen-bond acceptors (Lipinski definition) is 2. The van der Waals surface area contributed by atoms with Crippen LogP contribution >= 0.6 is 0 Å². The van der Waals surface area contributed by atoms with Gasteiger partial charge in [-0.3, -0.25) is 0 Å². The lowest BCUT2D eigenvalue weighted by Gasteiger charge is -2.54. The lowest BCUT2D eigenvalue weighted by atomic mass is 9.54. The van der Waals surface area contributed by atoms with Crippen LogP contribution in [-0.2, 0) is 0 Å². The summed E-state index contributed by atoms with van der Waals surface area (Å²) in [5, 5.41) is 11.9. The van der Waals surface area contributed by atoms with Gasteiger partial charge in [0.25, 0.3) is 0 Å². The van der Waals surface area contributed by atoms with Gasteiger partial charge in [0, 0.05) is 18.3 Å². The van der Waals surface area contributed by atoms with Crippen molar-refractivity contribution in [1.29, 1.82) is 5.26 Å². The largest absolute Gasteiger partial charge is 0.387 e. The van der Waals surface area contributed by atoms with Crippen LogP contribution in [0.5, 0.6) is 0 Å². The molecule has 2 nitrogen and oxygen atoms in total. The number of hydrogen-bond donors (Lipinski definition) is 1. The summed E-state index contributed by atoms with van der Waals surface area (Å²) in [6, 6.07) is 2.72. The fourth-order valence-corrected chi connectivity index (χ4v) is 4.39. The monoisotopic (exact) mass is 202 g/mol. The predicted molar refractivity (Wildman–Crippen MR) is 58.7 cm³/mol. The molecule has 0 aromatic rings.